The maximum atomic E-state index is 4.35. The van der Waals surface area contributed by atoms with E-state index in [-0.39, 0.29) is 5.37 Å². The summed E-state index contributed by atoms with van der Waals surface area (Å²) >= 11 is 1.09. The van der Waals surface area contributed by atoms with Crippen molar-refractivity contribution < 1.29 is 0 Å². The molecule has 0 bridgehead atoms. The van der Waals surface area contributed by atoms with Crippen LogP contribution in [0.15, 0.2) is 72.5 Å². The predicted molar refractivity (Wildman–Crippen MR) is 145 cm³/mol. The highest BCUT2D eigenvalue weighted by Crippen LogP contribution is 2.24. The number of thiol groups is 1. The molecule has 0 aromatic carbocycles. The molecule has 30 heavy (non-hydrogen) atoms. The van der Waals surface area contributed by atoms with Crippen LogP contribution in [-0.4, -0.2) is 11.2 Å². The standard InChI is InChI=1S/C28H47NS/c1-9-12-14-17-23(4)18-15-19-24(5)21-25(6)27(20-13-10-2)22-28(30-8)29-26(7)16-11-3/h10,13,20,28-30H,2,4-5,7-9,11-12,14-19,21-22H2,1,3,6H3/b20-13-,27-25+. The Hall–Kier alpha value is -1.54. The lowest BCUT2D eigenvalue weighted by atomic mass is 9.95. The predicted octanol–water partition coefficient (Wildman–Crippen LogP) is 8.82. The molecule has 0 aliphatic carbocycles. The molecule has 1 unspecified atom stereocenters. The van der Waals surface area contributed by atoms with Crippen molar-refractivity contribution in [1.82, 2.24) is 5.32 Å². The molecule has 0 spiro atoms. The van der Waals surface area contributed by atoms with Gasteiger partial charge in [0, 0.05) is 12.1 Å². The molecule has 0 radical (unpaired) electrons. The topological polar surface area (TPSA) is 12.0 Å². The quantitative estimate of drug-likeness (QED) is 0.0687. The van der Waals surface area contributed by atoms with Crippen LogP contribution in [0.25, 0.3) is 0 Å². The van der Waals surface area contributed by atoms with Gasteiger partial charge in [-0.1, -0.05) is 100 Å². The molecule has 2 heteroatoms. The molecule has 170 valence electrons. The summed E-state index contributed by atoms with van der Waals surface area (Å²) in [6, 6.07) is 0. The van der Waals surface area contributed by atoms with E-state index in [9.17, 15) is 0 Å². The van der Waals surface area contributed by atoms with E-state index in [0.29, 0.717) is 0 Å². The zero-order valence-corrected chi connectivity index (χ0v) is 21.0. The van der Waals surface area contributed by atoms with Gasteiger partial charge in [0.15, 0.2) is 0 Å². The fourth-order valence-electron chi connectivity index (χ4n) is 3.46. The number of hydrogen-bond acceptors (Lipinski definition) is 1. The van der Waals surface area contributed by atoms with E-state index in [4.69, 9.17) is 0 Å². The van der Waals surface area contributed by atoms with Gasteiger partial charge in [-0.15, -0.1) is 0 Å². The third-order valence-electron chi connectivity index (χ3n) is 5.25. The number of rotatable bonds is 19. The van der Waals surface area contributed by atoms with Crippen LogP contribution < -0.4 is 5.32 Å². The molecule has 0 aliphatic rings. The average Bonchev–Trinajstić information content (AvgIpc) is 2.70. The molecule has 0 saturated carbocycles. The van der Waals surface area contributed by atoms with Crippen molar-refractivity contribution in [1.29, 1.82) is 0 Å². The largest absolute Gasteiger partial charge is 0.377 e. The van der Waals surface area contributed by atoms with Gasteiger partial charge in [-0.25, -0.2) is 0 Å². The van der Waals surface area contributed by atoms with Crippen molar-refractivity contribution in [3.63, 3.8) is 0 Å². The normalized spacial score (nSPS) is 13.0. The van der Waals surface area contributed by atoms with Crippen molar-refractivity contribution in [2.24, 2.45) is 0 Å². The van der Waals surface area contributed by atoms with Crippen molar-refractivity contribution in [2.45, 2.75) is 96.8 Å². The average molecular weight is 430 g/mol. The molecule has 1 nitrogen and oxygen atoms in total. The second kappa shape index (κ2) is 18.2. The Morgan fingerprint density at radius 3 is 2.20 bits per heavy atom. The van der Waals surface area contributed by atoms with Gasteiger partial charge in [0.05, 0.1) is 5.37 Å². The Morgan fingerprint density at radius 2 is 1.60 bits per heavy atom. The summed E-state index contributed by atoms with van der Waals surface area (Å²) in [6.45, 7) is 23.2. The van der Waals surface area contributed by atoms with E-state index in [1.165, 1.54) is 48.0 Å². The minimum absolute atomic E-state index is 0.281. The SMILES string of the molecule is C=C/C=C\C(CC(NC(=C)CCC)[SH]=C)=C(\C)CC(=C)CCCC(=C)CCCCC. The molecular weight excluding hydrogens is 382 g/mol. The van der Waals surface area contributed by atoms with E-state index in [1.807, 2.05) is 12.2 Å². The van der Waals surface area contributed by atoms with Gasteiger partial charge in [-0.3, -0.25) is 0 Å². The highest BCUT2D eigenvalue weighted by Gasteiger charge is 2.10. The number of unbranched alkanes of at least 4 members (excludes halogenated alkanes) is 2. The van der Waals surface area contributed by atoms with E-state index in [0.717, 1.165) is 62.0 Å². The lowest BCUT2D eigenvalue weighted by molar-refractivity contribution is 0.679. The summed E-state index contributed by atoms with van der Waals surface area (Å²) < 4.78 is 0. The zero-order chi connectivity index (χ0) is 22.8. The van der Waals surface area contributed by atoms with Crippen molar-refractivity contribution in [3.8, 4) is 0 Å². The van der Waals surface area contributed by atoms with Crippen LogP contribution in [0.5, 0.6) is 0 Å². The van der Waals surface area contributed by atoms with Crippen LogP contribution in [0.2, 0.25) is 0 Å². The molecule has 0 aromatic rings. The molecule has 0 aliphatic heterocycles. The molecule has 0 aromatic heterocycles. The molecule has 0 saturated heterocycles. The zero-order valence-electron chi connectivity index (χ0n) is 20.1. The Morgan fingerprint density at radius 1 is 0.933 bits per heavy atom. The fraction of sp³-hybridized carbons (Fsp3) is 0.536. The maximum absolute atomic E-state index is 4.35. The summed E-state index contributed by atoms with van der Waals surface area (Å²) in [5.41, 5.74) is 6.54. The van der Waals surface area contributed by atoms with Gasteiger partial charge in [-0.05, 0) is 57.4 Å². The molecule has 0 heterocycles. The van der Waals surface area contributed by atoms with Crippen LogP contribution in [-0.2, 0) is 0 Å². The first-order valence-corrected chi connectivity index (χ1v) is 12.7. The third kappa shape index (κ3) is 14.4. The minimum Gasteiger partial charge on any atom is -0.377 e. The second-order valence-corrected chi connectivity index (χ2v) is 9.28. The Bertz CT molecular complexity index is 621. The smallest absolute Gasteiger partial charge is 0.0680 e. The number of hydrogen-bond donors (Lipinski definition) is 2. The van der Waals surface area contributed by atoms with Crippen LogP contribution in [0.4, 0.5) is 0 Å². The Balaban J connectivity index is 4.82. The maximum Gasteiger partial charge on any atom is 0.0680 e. The highest BCUT2D eigenvalue weighted by atomic mass is 32.1. The van der Waals surface area contributed by atoms with Gasteiger partial charge >= 0.3 is 0 Å². The van der Waals surface area contributed by atoms with E-state index >= 15 is 0 Å². The molecule has 0 fully saturated rings. The summed E-state index contributed by atoms with van der Waals surface area (Å²) in [4.78, 5) is 0. The fourth-order valence-corrected chi connectivity index (χ4v) is 4.06. The highest BCUT2D eigenvalue weighted by molar-refractivity contribution is 7.97. The van der Waals surface area contributed by atoms with Gasteiger partial charge in [-0.2, -0.15) is 11.4 Å². The molecule has 0 rings (SSSR count). The molecular formula is C28H47NS. The Labute approximate surface area is 191 Å². The first kappa shape index (κ1) is 28.5. The van der Waals surface area contributed by atoms with E-state index < -0.39 is 0 Å². The summed E-state index contributed by atoms with van der Waals surface area (Å²) in [6.07, 6.45) is 18.5. The second-order valence-electron chi connectivity index (χ2n) is 8.29. The van der Waals surface area contributed by atoms with Crippen LogP contribution in [0, 0.1) is 0 Å². The van der Waals surface area contributed by atoms with Crippen molar-refractivity contribution in [2.75, 3.05) is 0 Å². The number of allylic oxidation sites excluding steroid dienone is 7. The monoisotopic (exact) mass is 429 g/mol. The van der Waals surface area contributed by atoms with Gasteiger partial charge in [0.2, 0.25) is 0 Å². The summed E-state index contributed by atoms with van der Waals surface area (Å²) in [5, 5.41) is 3.84. The Kier molecular flexibility index (Phi) is 17.3. The van der Waals surface area contributed by atoms with E-state index in [1.54, 1.807) is 0 Å². The summed E-state index contributed by atoms with van der Waals surface area (Å²) in [5.74, 6) is 4.11. The lowest BCUT2D eigenvalue weighted by Gasteiger charge is -2.20. The van der Waals surface area contributed by atoms with Gasteiger partial charge in [0.1, 0.15) is 0 Å². The van der Waals surface area contributed by atoms with Gasteiger partial charge in [0.25, 0.3) is 0 Å². The van der Waals surface area contributed by atoms with Crippen LogP contribution in [0.1, 0.15) is 91.4 Å². The first-order chi connectivity index (χ1) is 14.4. The lowest BCUT2D eigenvalue weighted by Crippen LogP contribution is -2.24. The third-order valence-corrected chi connectivity index (χ3v) is 6.00. The molecule has 1 atom stereocenters. The van der Waals surface area contributed by atoms with Crippen molar-refractivity contribution in [3.05, 3.63) is 72.5 Å². The molecule has 1 N–H and O–H groups in total. The van der Waals surface area contributed by atoms with Crippen LogP contribution in [0.3, 0.4) is 0 Å². The van der Waals surface area contributed by atoms with Crippen molar-refractivity contribution >= 4 is 17.2 Å². The van der Waals surface area contributed by atoms with Gasteiger partial charge < -0.3 is 5.32 Å². The van der Waals surface area contributed by atoms with E-state index in [2.05, 4.69) is 64.4 Å². The van der Waals surface area contributed by atoms with Crippen LogP contribution >= 0.6 is 11.4 Å². The number of nitrogens with one attached hydrogen (secondary N) is 1. The minimum atomic E-state index is 0.281. The summed E-state index contributed by atoms with van der Waals surface area (Å²) in [7, 11) is 0. The molecule has 0 amide bonds. The first-order valence-electron chi connectivity index (χ1n) is 11.6.